The maximum absolute atomic E-state index is 3.89. The van der Waals surface area contributed by atoms with Gasteiger partial charge < -0.3 is 5.32 Å². The fraction of sp³-hybridized carbons (Fsp3) is 1.00. The van der Waals surface area contributed by atoms with Gasteiger partial charge >= 0.3 is 0 Å². The molecule has 0 radical (unpaired) electrons. The molecule has 0 spiro atoms. The van der Waals surface area contributed by atoms with E-state index >= 15 is 0 Å². The van der Waals surface area contributed by atoms with Gasteiger partial charge in [-0.15, -0.1) is 0 Å². The van der Waals surface area contributed by atoms with Crippen molar-refractivity contribution in [2.75, 3.05) is 6.54 Å². The van der Waals surface area contributed by atoms with E-state index in [-0.39, 0.29) is 0 Å². The number of hydrogen-bond donors (Lipinski definition) is 1. The normalized spacial score (nSPS) is 37.7. The van der Waals surface area contributed by atoms with Gasteiger partial charge in [0.05, 0.1) is 0 Å². The molecular formula is C15H29N. The summed E-state index contributed by atoms with van der Waals surface area (Å²) in [5.41, 5.74) is 0.667. The van der Waals surface area contributed by atoms with Crippen LogP contribution in [-0.4, -0.2) is 12.6 Å². The largest absolute Gasteiger partial charge is 0.313 e. The van der Waals surface area contributed by atoms with Gasteiger partial charge in [0.25, 0.3) is 0 Å². The maximum Gasteiger partial charge on any atom is 0.00954 e. The van der Waals surface area contributed by atoms with Gasteiger partial charge in [-0.25, -0.2) is 0 Å². The predicted octanol–water partition coefficient (Wildman–Crippen LogP) is 3.84. The molecule has 1 N–H and O–H groups in total. The van der Waals surface area contributed by atoms with Gasteiger partial charge in [0.15, 0.2) is 0 Å². The Bertz CT molecular complexity index is 230. The van der Waals surface area contributed by atoms with Crippen LogP contribution in [0.25, 0.3) is 0 Å². The molecule has 2 fully saturated rings. The van der Waals surface area contributed by atoms with Gasteiger partial charge in [-0.1, -0.05) is 34.1 Å². The first-order valence-corrected chi connectivity index (χ1v) is 7.27. The molecule has 0 bridgehead atoms. The Morgan fingerprint density at radius 3 is 2.44 bits per heavy atom. The van der Waals surface area contributed by atoms with Crippen molar-refractivity contribution in [2.45, 2.75) is 65.8 Å². The van der Waals surface area contributed by atoms with Crippen LogP contribution in [0, 0.1) is 23.2 Å². The van der Waals surface area contributed by atoms with Gasteiger partial charge in [0, 0.05) is 12.6 Å². The molecule has 2 aliphatic carbocycles. The van der Waals surface area contributed by atoms with Crippen LogP contribution in [-0.2, 0) is 0 Å². The maximum atomic E-state index is 3.89. The Morgan fingerprint density at radius 1 is 1.19 bits per heavy atom. The molecular weight excluding hydrogens is 194 g/mol. The molecule has 1 nitrogen and oxygen atoms in total. The molecule has 0 aromatic rings. The number of hydrogen-bond acceptors (Lipinski definition) is 1. The Morgan fingerprint density at radius 2 is 1.88 bits per heavy atom. The van der Waals surface area contributed by atoms with Crippen molar-refractivity contribution in [2.24, 2.45) is 23.2 Å². The van der Waals surface area contributed by atoms with Crippen LogP contribution in [0.2, 0.25) is 0 Å². The lowest BCUT2D eigenvalue weighted by molar-refractivity contribution is 0.207. The Kier molecular flexibility index (Phi) is 3.63. The lowest BCUT2D eigenvalue weighted by Crippen LogP contribution is -2.43. The summed E-state index contributed by atoms with van der Waals surface area (Å²) in [6, 6.07) is 0.792. The molecule has 0 heterocycles. The summed E-state index contributed by atoms with van der Waals surface area (Å²) in [5, 5.41) is 3.89. The third-order valence-electron chi connectivity index (χ3n) is 5.29. The SMILES string of the molecule is CC1CCC(C)C(NCC2(C(C)C)CC2)C1. The topological polar surface area (TPSA) is 12.0 Å². The fourth-order valence-corrected chi connectivity index (χ4v) is 3.27. The van der Waals surface area contributed by atoms with E-state index in [0.29, 0.717) is 5.41 Å². The van der Waals surface area contributed by atoms with Crippen molar-refractivity contribution in [1.29, 1.82) is 0 Å². The van der Waals surface area contributed by atoms with Crippen LogP contribution in [0.3, 0.4) is 0 Å². The van der Waals surface area contributed by atoms with Crippen molar-refractivity contribution in [3.63, 3.8) is 0 Å². The zero-order valence-electron chi connectivity index (χ0n) is 11.6. The van der Waals surface area contributed by atoms with Crippen LogP contribution in [0.4, 0.5) is 0 Å². The second kappa shape index (κ2) is 4.68. The summed E-state index contributed by atoms with van der Waals surface area (Å²) >= 11 is 0. The Labute approximate surface area is 101 Å². The quantitative estimate of drug-likeness (QED) is 0.763. The lowest BCUT2D eigenvalue weighted by Gasteiger charge is -2.35. The van der Waals surface area contributed by atoms with Gasteiger partial charge in [-0.2, -0.15) is 0 Å². The van der Waals surface area contributed by atoms with Crippen LogP contribution < -0.4 is 5.32 Å². The molecule has 1 heteroatoms. The van der Waals surface area contributed by atoms with Crippen molar-refractivity contribution in [3.05, 3.63) is 0 Å². The molecule has 16 heavy (non-hydrogen) atoms. The average Bonchev–Trinajstić information content (AvgIpc) is 3.00. The molecule has 2 rings (SSSR count). The first-order valence-electron chi connectivity index (χ1n) is 7.27. The third-order valence-corrected chi connectivity index (χ3v) is 5.29. The van der Waals surface area contributed by atoms with Crippen LogP contribution in [0.1, 0.15) is 59.8 Å². The summed E-state index contributed by atoms with van der Waals surface area (Å²) in [6.07, 6.45) is 7.17. The Hall–Kier alpha value is -0.0400. The third kappa shape index (κ3) is 2.61. The van der Waals surface area contributed by atoms with Crippen LogP contribution in [0.5, 0.6) is 0 Å². The molecule has 0 saturated heterocycles. The van der Waals surface area contributed by atoms with E-state index in [1.54, 1.807) is 0 Å². The van der Waals surface area contributed by atoms with Gasteiger partial charge in [-0.05, 0) is 48.9 Å². The minimum absolute atomic E-state index is 0.667. The first-order chi connectivity index (χ1) is 7.53. The summed E-state index contributed by atoms with van der Waals surface area (Å²) < 4.78 is 0. The molecule has 3 atom stereocenters. The summed E-state index contributed by atoms with van der Waals surface area (Å²) in [7, 11) is 0. The highest BCUT2D eigenvalue weighted by Gasteiger charge is 2.45. The first kappa shape index (κ1) is 12.4. The summed E-state index contributed by atoms with van der Waals surface area (Å²) in [6.45, 7) is 10.9. The molecule has 0 aromatic carbocycles. The monoisotopic (exact) mass is 223 g/mol. The predicted molar refractivity (Wildman–Crippen MR) is 70.5 cm³/mol. The van der Waals surface area contributed by atoms with Crippen molar-refractivity contribution < 1.29 is 0 Å². The lowest BCUT2D eigenvalue weighted by atomic mass is 9.79. The highest BCUT2D eigenvalue weighted by atomic mass is 14.9. The van der Waals surface area contributed by atoms with E-state index in [1.807, 2.05) is 0 Å². The summed E-state index contributed by atoms with van der Waals surface area (Å²) in [5.74, 6) is 2.68. The van der Waals surface area contributed by atoms with E-state index in [4.69, 9.17) is 0 Å². The van der Waals surface area contributed by atoms with E-state index < -0.39 is 0 Å². The second-order valence-electron chi connectivity index (χ2n) is 6.90. The molecule has 0 aromatic heterocycles. The molecule has 3 unspecified atom stereocenters. The minimum Gasteiger partial charge on any atom is -0.313 e. The highest BCUT2D eigenvalue weighted by molar-refractivity contribution is 4.98. The number of rotatable bonds is 4. The standard InChI is InChI=1S/C15H29N/c1-11(2)15(7-8-15)10-16-14-9-12(3)5-6-13(14)4/h11-14,16H,5-10H2,1-4H3. The molecule has 0 aliphatic heterocycles. The van der Waals surface area contributed by atoms with Crippen LogP contribution in [0.15, 0.2) is 0 Å². The van der Waals surface area contributed by atoms with Gasteiger partial charge in [-0.3, -0.25) is 0 Å². The summed E-state index contributed by atoms with van der Waals surface area (Å²) in [4.78, 5) is 0. The zero-order valence-corrected chi connectivity index (χ0v) is 11.6. The van der Waals surface area contributed by atoms with Crippen molar-refractivity contribution >= 4 is 0 Å². The van der Waals surface area contributed by atoms with E-state index in [9.17, 15) is 0 Å². The minimum atomic E-state index is 0.667. The number of nitrogens with one attached hydrogen (secondary N) is 1. The molecule has 94 valence electrons. The van der Waals surface area contributed by atoms with E-state index in [0.717, 1.165) is 23.8 Å². The fourth-order valence-electron chi connectivity index (χ4n) is 3.27. The average molecular weight is 223 g/mol. The molecule has 2 saturated carbocycles. The highest BCUT2D eigenvalue weighted by Crippen LogP contribution is 2.51. The van der Waals surface area contributed by atoms with Gasteiger partial charge in [0.1, 0.15) is 0 Å². The molecule has 0 amide bonds. The Balaban J connectivity index is 1.80. The van der Waals surface area contributed by atoms with Crippen molar-refractivity contribution in [3.8, 4) is 0 Å². The smallest absolute Gasteiger partial charge is 0.00954 e. The second-order valence-corrected chi connectivity index (χ2v) is 6.90. The van der Waals surface area contributed by atoms with Crippen molar-refractivity contribution in [1.82, 2.24) is 5.32 Å². The van der Waals surface area contributed by atoms with E-state index in [1.165, 1.54) is 38.6 Å². The molecule has 2 aliphatic rings. The van der Waals surface area contributed by atoms with Crippen LogP contribution >= 0.6 is 0 Å². The van der Waals surface area contributed by atoms with Gasteiger partial charge in [0.2, 0.25) is 0 Å². The zero-order chi connectivity index (χ0) is 11.8. The van der Waals surface area contributed by atoms with E-state index in [2.05, 4.69) is 33.0 Å².